The van der Waals surface area contributed by atoms with Crippen LogP contribution in [0.2, 0.25) is 5.02 Å². The number of benzene rings is 1. The fraction of sp³-hybridized carbons (Fsp3) is 0.467. The minimum absolute atomic E-state index is 0.259. The number of halogens is 1. The van der Waals surface area contributed by atoms with Crippen molar-refractivity contribution in [3.05, 3.63) is 29.3 Å². The average molecular weight is 315 g/mol. The molecule has 0 saturated heterocycles. The number of carbonyl (C=O) groups excluding carboxylic acids is 2. The Kier molecular flexibility index (Phi) is 8.47. The Morgan fingerprint density at radius 1 is 1.10 bits per heavy atom. The average Bonchev–Trinajstić information content (AvgIpc) is 2.46. The number of rotatable bonds is 9. The Labute approximate surface area is 129 Å². The molecule has 0 amide bonds. The van der Waals surface area contributed by atoms with Crippen molar-refractivity contribution in [2.24, 2.45) is 0 Å². The molecule has 6 heteroatoms. The maximum Gasteiger partial charge on any atom is 0.337 e. The summed E-state index contributed by atoms with van der Waals surface area (Å²) in [5.74, 6) is -0.853. The van der Waals surface area contributed by atoms with Gasteiger partial charge in [0.05, 0.1) is 11.6 Å². The molecule has 0 bridgehead atoms. The maximum absolute atomic E-state index is 11.5. The predicted molar refractivity (Wildman–Crippen MR) is 78.4 cm³/mol. The molecular formula is C15H19ClO5. The molecule has 0 saturated carbocycles. The van der Waals surface area contributed by atoms with Gasteiger partial charge in [0.25, 0.3) is 0 Å². The van der Waals surface area contributed by atoms with Crippen molar-refractivity contribution in [1.29, 1.82) is 0 Å². The van der Waals surface area contributed by atoms with E-state index in [-0.39, 0.29) is 19.0 Å². The van der Waals surface area contributed by atoms with E-state index in [1.165, 1.54) is 0 Å². The van der Waals surface area contributed by atoms with Crippen LogP contribution in [0.4, 0.5) is 0 Å². The van der Waals surface area contributed by atoms with Gasteiger partial charge in [-0.25, -0.2) is 9.59 Å². The Hall–Kier alpha value is -1.59. The van der Waals surface area contributed by atoms with E-state index in [2.05, 4.69) is 6.92 Å². The van der Waals surface area contributed by atoms with E-state index in [0.29, 0.717) is 11.6 Å². The third-order valence-corrected chi connectivity index (χ3v) is 2.82. The molecule has 1 aromatic carbocycles. The number of unbranched alkanes of at least 4 members (excludes halogenated alkanes) is 2. The van der Waals surface area contributed by atoms with Gasteiger partial charge in [-0.05, 0) is 18.6 Å². The maximum atomic E-state index is 11.5. The molecule has 0 aliphatic carbocycles. The van der Waals surface area contributed by atoms with Crippen molar-refractivity contribution < 1.29 is 23.8 Å². The standard InChI is InChI=1S/C15H19ClO5/c1-2-3-6-9-20-14(17)10-19-11-15(18)21-13-8-5-4-7-12(13)16/h4-5,7-8H,2-3,6,9-11H2,1H3. The highest BCUT2D eigenvalue weighted by Gasteiger charge is 2.10. The van der Waals surface area contributed by atoms with Gasteiger partial charge in [0.15, 0.2) is 0 Å². The summed E-state index contributed by atoms with van der Waals surface area (Å²) in [5.41, 5.74) is 0. The highest BCUT2D eigenvalue weighted by atomic mass is 35.5. The van der Waals surface area contributed by atoms with Gasteiger partial charge in [0.1, 0.15) is 19.0 Å². The largest absolute Gasteiger partial charge is 0.464 e. The van der Waals surface area contributed by atoms with Gasteiger partial charge in [0.2, 0.25) is 0 Å². The molecule has 0 atom stereocenters. The molecule has 0 heterocycles. The molecule has 5 nitrogen and oxygen atoms in total. The summed E-state index contributed by atoms with van der Waals surface area (Å²) in [6, 6.07) is 6.61. The topological polar surface area (TPSA) is 61.8 Å². The van der Waals surface area contributed by atoms with Crippen LogP contribution >= 0.6 is 11.6 Å². The zero-order valence-electron chi connectivity index (χ0n) is 12.0. The molecule has 1 rings (SSSR count). The first-order valence-corrected chi connectivity index (χ1v) is 7.20. The summed E-state index contributed by atoms with van der Waals surface area (Å²) in [6.07, 6.45) is 2.90. The number of hydrogen-bond acceptors (Lipinski definition) is 5. The van der Waals surface area contributed by atoms with Crippen LogP contribution < -0.4 is 4.74 Å². The molecule has 21 heavy (non-hydrogen) atoms. The van der Waals surface area contributed by atoms with Crippen LogP contribution in [-0.2, 0) is 19.1 Å². The molecular weight excluding hydrogens is 296 g/mol. The molecule has 0 aliphatic heterocycles. The molecule has 0 fully saturated rings. The van der Waals surface area contributed by atoms with E-state index in [0.717, 1.165) is 19.3 Å². The summed E-state index contributed by atoms with van der Waals surface area (Å²) >= 11 is 5.84. The Balaban J connectivity index is 2.16. The number of hydrogen-bond donors (Lipinski definition) is 0. The van der Waals surface area contributed by atoms with Gasteiger partial charge in [-0.3, -0.25) is 0 Å². The third-order valence-electron chi connectivity index (χ3n) is 2.51. The van der Waals surface area contributed by atoms with Gasteiger partial charge in [-0.1, -0.05) is 43.5 Å². The molecule has 1 aromatic rings. The van der Waals surface area contributed by atoms with Gasteiger partial charge in [-0.15, -0.1) is 0 Å². The van der Waals surface area contributed by atoms with Gasteiger partial charge < -0.3 is 14.2 Å². The minimum Gasteiger partial charge on any atom is -0.464 e. The van der Waals surface area contributed by atoms with Gasteiger partial charge >= 0.3 is 11.9 Å². The van der Waals surface area contributed by atoms with Crippen molar-refractivity contribution in [3.63, 3.8) is 0 Å². The Bertz CT molecular complexity index is 461. The smallest absolute Gasteiger partial charge is 0.337 e. The summed E-state index contributed by atoms with van der Waals surface area (Å²) in [6.45, 7) is 1.83. The number of para-hydroxylation sites is 1. The summed E-state index contributed by atoms with van der Waals surface area (Å²) < 4.78 is 14.9. The van der Waals surface area contributed by atoms with E-state index in [1.54, 1.807) is 24.3 Å². The highest BCUT2D eigenvalue weighted by Crippen LogP contribution is 2.23. The van der Waals surface area contributed by atoms with Crippen LogP contribution in [0.3, 0.4) is 0 Å². The SMILES string of the molecule is CCCCCOC(=O)COCC(=O)Oc1ccccc1Cl. The van der Waals surface area contributed by atoms with Crippen LogP contribution in [0.25, 0.3) is 0 Å². The molecule has 0 spiro atoms. The lowest BCUT2D eigenvalue weighted by Crippen LogP contribution is -2.20. The molecule has 0 N–H and O–H groups in total. The quantitative estimate of drug-likeness (QED) is 0.398. The van der Waals surface area contributed by atoms with E-state index >= 15 is 0 Å². The van der Waals surface area contributed by atoms with Crippen molar-refractivity contribution in [1.82, 2.24) is 0 Å². The van der Waals surface area contributed by atoms with E-state index in [4.69, 9.17) is 25.8 Å². The van der Waals surface area contributed by atoms with Crippen molar-refractivity contribution >= 4 is 23.5 Å². The van der Waals surface area contributed by atoms with E-state index < -0.39 is 11.9 Å². The van der Waals surface area contributed by atoms with Crippen molar-refractivity contribution in [2.75, 3.05) is 19.8 Å². The molecule has 0 radical (unpaired) electrons. The second-order valence-electron chi connectivity index (χ2n) is 4.32. The van der Waals surface area contributed by atoms with Crippen molar-refractivity contribution in [2.45, 2.75) is 26.2 Å². The number of ether oxygens (including phenoxy) is 3. The zero-order valence-corrected chi connectivity index (χ0v) is 12.7. The minimum atomic E-state index is -0.623. The van der Waals surface area contributed by atoms with E-state index in [1.807, 2.05) is 0 Å². The summed E-state index contributed by atoms with van der Waals surface area (Å²) in [4.78, 5) is 22.8. The normalized spacial score (nSPS) is 10.2. The second kappa shape index (κ2) is 10.2. The lowest BCUT2D eigenvalue weighted by atomic mass is 10.3. The van der Waals surface area contributed by atoms with Crippen LogP contribution in [0.15, 0.2) is 24.3 Å². The molecule has 0 aliphatic rings. The third kappa shape index (κ3) is 7.68. The fourth-order valence-electron chi connectivity index (χ4n) is 1.48. The zero-order chi connectivity index (χ0) is 15.5. The number of carbonyl (C=O) groups is 2. The first-order valence-electron chi connectivity index (χ1n) is 6.82. The monoisotopic (exact) mass is 314 g/mol. The first-order chi connectivity index (χ1) is 10.1. The summed E-state index contributed by atoms with van der Waals surface area (Å²) in [7, 11) is 0. The van der Waals surface area contributed by atoms with Gasteiger partial charge in [-0.2, -0.15) is 0 Å². The fourth-order valence-corrected chi connectivity index (χ4v) is 1.65. The molecule has 116 valence electrons. The Morgan fingerprint density at radius 2 is 1.81 bits per heavy atom. The van der Waals surface area contributed by atoms with Crippen LogP contribution in [0.5, 0.6) is 5.75 Å². The lowest BCUT2D eigenvalue weighted by molar-refractivity contribution is -0.152. The lowest BCUT2D eigenvalue weighted by Gasteiger charge is -2.07. The first kappa shape index (κ1) is 17.5. The van der Waals surface area contributed by atoms with Crippen molar-refractivity contribution in [3.8, 4) is 5.75 Å². The Morgan fingerprint density at radius 3 is 2.52 bits per heavy atom. The molecule has 0 aromatic heterocycles. The number of esters is 2. The van der Waals surface area contributed by atoms with Crippen LogP contribution in [0.1, 0.15) is 26.2 Å². The second-order valence-corrected chi connectivity index (χ2v) is 4.73. The predicted octanol–water partition coefficient (Wildman–Crippen LogP) is 3.00. The van der Waals surface area contributed by atoms with E-state index in [9.17, 15) is 9.59 Å². The molecule has 0 unspecified atom stereocenters. The highest BCUT2D eigenvalue weighted by molar-refractivity contribution is 6.32. The van der Waals surface area contributed by atoms with Gasteiger partial charge in [0, 0.05) is 0 Å². The van der Waals surface area contributed by atoms with Crippen LogP contribution in [0, 0.1) is 0 Å². The van der Waals surface area contributed by atoms with Crippen LogP contribution in [-0.4, -0.2) is 31.8 Å². The summed E-state index contributed by atoms with van der Waals surface area (Å²) in [5, 5.41) is 0.334.